The van der Waals surface area contributed by atoms with Gasteiger partial charge in [0.2, 0.25) is 0 Å². The number of benzene rings is 1. The first-order valence-corrected chi connectivity index (χ1v) is 3.94. The molecular formula is C8H11BNO3. The molecule has 0 saturated heterocycles. The molecule has 0 bridgehead atoms. The number of anilines is 1. The maximum atomic E-state index is 8.54. The second-order valence-electron chi connectivity index (χ2n) is 2.40. The zero-order valence-electron chi connectivity index (χ0n) is 7.10. The lowest BCUT2D eigenvalue weighted by Crippen LogP contribution is -2.05. The SMILES string of the molecule is O[B]Oc1ccc(NCCO)cc1. The van der Waals surface area contributed by atoms with Crippen LogP contribution >= 0.6 is 0 Å². The minimum atomic E-state index is 0.0999. The summed E-state index contributed by atoms with van der Waals surface area (Å²) in [6.07, 6.45) is 0. The van der Waals surface area contributed by atoms with Crippen LogP contribution in [0.5, 0.6) is 5.75 Å². The van der Waals surface area contributed by atoms with Crippen molar-refractivity contribution in [2.24, 2.45) is 0 Å². The van der Waals surface area contributed by atoms with Gasteiger partial charge in [0, 0.05) is 12.2 Å². The van der Waals surface area contributed by atoms with Crippen molar-refractivity contribution in [3.05, 3.63) is 24.3 Å². The van der Waals surface area contributed by atoms with Gasteiger partial charge in [0.15, 0.2) is 0 Å². The molecule has 0 heterocycles. The van der Waals surface area contributed by atoms with Crippen molar-refractivity contribution in [3.8, 4) is 5.75 Å². The molecule has 0 saturated carbocycles. The Morgan fingerprint density at radius 1 is 1.31 bits per heavy atom. The van der Waals surface area contributed by atoms with Gasteiger partial charge < -0.3 is 20.1 Å². The smallest absolute Gasteiger partial charge is 0.537 e. The Bertz CT molecular complexity index is 240. The van der Waals surface area contributed by atoms with Crippen molar-refractivity contribution in [1.29, 1.82) is 0 Å². The summed E-state index contributed by atoms with van der Waals surface area (Å²) in [4.78, 5) is 0. The Morgan fingerprint density at radius 3 is 2.54 bits per heavy atom. The van der Waals surface area contributed by atoms with Gasteiger partial charge in [-0.1, -0.05) is 0 Å². The third-order valence-corrected chi connectivity index (χ3v) is 1.48. The Balaban J connectivity index is 2.48. The summed E-state index contributed by atoms with van der Waals surface area (Å²) in [5.74, 6) is 0.567. The molecule has 1 aromatic carbocycles. The molecule has 0 spiro atoms. The first-order chi connectivity index (χ1) is 6.36. The minimum Gasteiger partial charge on any atom is -0.537 e. The number of nitrogens with one attached hydrogen (secondary N) is 1. The van der Waals surface area contributed by atoms with Crippen LogP contribution < -0.4 is 9.97 Å². The predicted octanol–water partition coefficient (Wildman–Crippen LogP) is -0.00390. The molecule has 0 aliphatic carbocycles. The molecule has 0 amide bonds. The Labute approximate surface area is 77.5 Å². The third kappa shape index (κ3) is 3.35. The van der Waals surface area contributed by atoms with Crippen molar-refractivity contribution in [3.63, 3.8) is 0 Å². The van der Waals surface area contributed by atoms with E-state index in [1.54, 1.807) is 24.3 Å². The average molecular weight is 180 g/mol. The summed E-state index contributed by atoms with van der Waals surface area (Å²) in [6.45, 7) is 0.620. The van der Waals surface area contributed by atoms with E-state index in [1.165, 1.54) is 0 Å². The summed E-state index contributed by atoms with van der Waals surface area (Å²) < 4.78 is 4.72. The van der Waals surface area contributed by atoms with E-state index >= 15 is 0 Å². The monoisotopic (exact) mass is 180 g/mol. The van der Waals surface area contributed by atoms with Crippen LogP contribution in [0.4, 0.5) is 5.69 Å². The normalized spacial score (nSPS) is 9.38. The van der Waals surface area contributed by atoms with Gasteiger partial charge in [-0.25, -0.2) is 0 Å². The topological polar surface area (TPSA) is 61.7 Å². The molecule has 69 valence electrons. The summed E-state index contributed by atoms with van der Waals surface area (Å²) in [6, 6.07) is 7.03. The van der Waals surface area contributed by atoms with Crippen molar-refractivity contribution in [2.75, 3.05) is 18.5 Å². The Kier molecular flexibility index (Phi) is 4.15. The lowest BCUT2D eigenvalue weighted by Gasteiger charge is -2.05. The molecule has 1 rings (SSSR count). The maximum absolute atomic E-state index is 8.54. The largest absolute Gasteiger partial charge is 0.569 e. The molecule has 0 atom stereocenters. The highest BCUT2D eigenvalue weighted by atomic mass is 16.5. The summed E-state index contributed by atoms with van der Waals surface area (Å²) in [7, 11) is 0.635. The fourth-order valence-corrected chi connectivity index (χ4v) is 0.912. The first kappa shape index (κ1) is 9.89. The maximum Gasteiger partial charge on any atom is 0.569 e. The molecule has 13 heavy (non-hydrogen) atoms. The number of rotatable bonds is 5. The van der Waals surface area contributed by atoms with E-state index in [2.05, 4.69) is 5.32 Å². The molecule has 3 N–H and O–H groups in total. The van der Waals surface area contributed by atoms with Crippen LogP contribution in [0.3, 0.4) is 0 Å². The number of aliphatic hydroxyl groups is 1. The Morgan fingerprint density at radius 2 is 2.00 bits per heavy atom. The highest BCUT2D eigenvalue weighted by molar-refractivity contribution is 6.17. The molecule has 0 aliphatic rings. The molecular weight excluding hydrogens is 169 g/mol. The molecule has 0 fully saturated rings. The van der Waals surface area contributed by atoms with E-state index in [0.29, 0.717) is 20.0 Å². The minimum absolute atomic E-state index is 0.0999. The molecule has 5 heteroatoms. The number of hydrogen-bond acceptors (Lipinski definition) is 4. The van der Waals surface area contributed by atoms with Crippen LogP contribution in [0.15, 0.2) is 24.3 Å². The second-order valence-corrected chi connectivity index (χ2v) is 2.40. The van der Waals surface area contributed by atoms with E-state index in [0.717, 1.165) is 5.69 Å². The third-order valence-electron chi connectivity index (χ3n) is 1.48. The summed E-state index contributed by atoms with van der Waals surface area (Å²) >= 11 is 0. The summed E-state index contributed by atoms with van der Waals surface area (Å²) in [5.41, 5.74) is 0.902. The van der Waals surface area contributed by atoms with Crippen LogP contribution in [0.2, 0.25) is 0 Å². The molecule has 0 unspecified atom stereocenters. The lowest BCUT2D eigenvalue weighted by molar-refractivity contribution is 0.311. The zero-order chi connectivity index (χ0) is 9.52. The number of hydrogen-bond donors (Lipinski definition) is 3. The van der Waals surface area contributed by atoms with Gasteiger partial charge in [-0.3, -0.25) is 0 Å². The van der Waals surface area contributed by atoms with E-state index in [4.69, 9.17) is 14.8 Å². The van der Waals surface area contributed by atoms with Crippen molar-refractivity contribution in [1.82, 2.24) is 0 Å². The second kappa shape index (κ2) is 5.45. The van der Waals surface area contributed by atoms with E-state index in [-0.39, 0.29) is 6.61 Å². The van der Waals surface area contributed by atoms with Gasteiger partial charge in [-0.05, 0) is 24.3 Å². The molecule has 0 aromatic heterocycles. The fourth-order valence-electron chi connectivity index (χ4n) is 0.912. The molecule has 0 aliphatic heterocycles. The van der Waals surface area contributed by atoms with Crippen LogP contribution in [-0.2, 0) is 0 Å². The van der Waals surface area contributed by atoms with Gasteiger partial charge >= 0.3 is 7.69 Å². The zero-order valence-corrected chi connectivity index (χ0v) is 7.10. The van der Waals surface area contributed by atoms with Gasteiger partial charge in [-0.15, -0.1) is 0 Å². The summed E-state index contributed by atoms with van der Waals surface area (Å²) in [5, 5.41) is 19.9. The van der Waals surface area contributed by atoms with E-state index in [1.807, 2.05) is 0 Å². The average Bonchev–Trinajstić information content (AvgIpc) is 2.17. The van der Waals surface area contributed by atoms with Gasteiger partial charge in [0.1, 0.15) is 5.75 Å². The standard InChI is InChI=1S/C8H11BNO3/c11-6-5-10-7-1-3-8(4-2-7)13-9-12/h1-4,10-12H,5-6H2. The molecule has 4 nitrogen and oxygen atoms in total. The van der Waals surface area contributed by atoms with E-state index in [9.17, 15) is 0 Å². The fraction of sp³-hybridized carbons (Fsp3) is 0.250. The lowest BCUT2D eigenvalue weighted by atomic mass is 10.3. The van der Waals surface area contributed by atoms with Gasteiger partial charge in [-0.2, -0.15) is 0 Å². The van der Waals surface area contributed by atoms with Crippen LogP contribution in [0, 0.1) is 0 Å². The number of aliphatic hydroxyl groups excluding tert-OH is 1. The van der Waals surface area contributed by atoms with Crippen LogP contribution in [-0.4, -0.2) is 31.0 Å². The van der Waals surface area contributed by atoms with Gasteiger partial charge in [0.05, 0.1) is 6.61 Å². The first-order valence-electron chi connectivity index (χ1n) is 3.94. The van der Waals surface area contributed by atoms with Crippen molar-refractivity contribution >= 4 is 13.4 Å². The quantitative estimate of drug-likeness (QED) is 0.558. The van der Waals surface area contributed by atoms with Gasteiger partial charge in [0.25, 0.3) is 0 Å². The van der Waals surface area contributed by atoms with E-state index < -0.39 is 0 Å². The van der Waals surface area contributed by atoms with Crippen molar-refractivity contribution in [2.45, 2.75) is 0 Å². The highest BCUT2D eigenvalue weighted by Crippen LogP contribution is 2.14. The highest BCUT2D eigenvalue weighted by Gasteiger charge is 1.94. The van der Waals surface area contributed by atoms with Crippen LogP contribution in [0.1, 0.15) is 0 Å². The van der Waals surface area contributed by atoms with Crippen LogP contribution in [0.25, 0.3) is 0 Å². The van der Waals surface area contributed by atoms with Crippen molar-refractivity contribution < 1.29 is 14.8 Å². The Hall–Kier alpha value is -1.20. The molecule has 1 aromatic rings. The molecule has 1 radical (unpaired) electrons. The predicted molar refractivity (Wildman–Crippen MR) is 50.6 cm³/mol.